The Kier molecular flexibility index (Phi) is 5.17. The Hall–Kier alpha value is -2.98. The van der Waals surface area contributed by atoms with E-state index >= 15 is 0 Å². The molecule has 0 saturated heterocycles. The molecular weight excluding hydrogens is 440 g/mol. The van der Waals surface area contributed by atoms with E-state index in [0.29, 0.717) is 11.6 Å². The smallest absolute Gasteiger partial charge is 0.246 e. The quantitative estimate of drug-likeness (QED) is 0.538. The molecule has 33 heavy (non-hydrogen) atoms. The minimum atomic E-state index is -3.76. The van der Waals surface area contributed by atoms with Crippen LogP contribution in [0, 0.1) is 5.92 Å². The van der Waals surface area contributed by atoms with Gasteiger partial charge in [-0.05, 0) is 49.1 Å². The molecule has 10 heteroatoms. The third kappa shape index (κ3) is 3.67. The summed E-state index contributed by atoms with van der Waals surface area (Å²) in [7, 11) is -3.76. The summed E-state index contributed by atoms with van der Waals surface area (Å²) >= 11 is 0. The van der Waals surface area contributed by atoms with Crippen LogP contribution in [0.4, 0.5) is 11.6 Å². The molecule has 1 aliphatic carbocycles. The average molecular weight is 469 g/mol. The molecule has 1 fully saturated rings. The van der Waals surface area contributed by atoms with Gasteiger partial charge in [0.05, 0.1) is 10.9 Å². The van der Waals surface area contributed by atoms with Crippen LogP contribution in [0.5, 0.6) is 0 Å². The lowest BCUT2D eigenvalue weighted by Crippen LogP contribution is -2.56. The monoisotopic (exact) mass is 468 g/mol. The number of amides is 1. The zero-order chi connectivity index (χ0) is 23.4. The average Bonchev–Trinajstić information content (AvgIpc) is 3.16. The highest BCUT2D eigenvalue weighted by Crippen LogP contribution is 2.44. The van der Waals surface area contributed by atoms with Gasteiger partial charge in [-0.2, -0.15) is 4.98 Å². The largest absolute Gasteiger partial charge is 0.345 e. The number of primary sulfonamides is 1. The number of carbonyl (C=O) groups is 1. The third-order valence-corrected chi connectivity index (χ3v) is 7.74. The maximum absolute atomic E-state index is 13.4. The highest BCUT2D eigenvalue weighted by molar-refractivity contribution is 7.89. The third-order valence-electron chi connectivity index (χ3n) is 6.81. The van der Waals surface area contributed by atoms with Gasteiger partial charge in [0.1, 0.15) is 11.2 Å². The van der Waals surface area contributed by atoms with E-state index in [0.717, 1.165) is 48.8 Å². The number of anilines is 2. The first-order valence-corrected chi connectivity index (χ1v) is 12.8. The molecule has 4 N–H and O–H groups in total. The van der Waals surface area contributed by atoms with Gasteiger partial charge in [-0.3, -0.25) is 4.79 Å². The van der Waals surface area contributed by atoms with Gasteiger partial charge in [0.15, 0.2) is 0 Å². The molecule has 1 saturated carbocycles. The summed E-state index contributed by atoms with van der Waals surface area (Å²) in [6, 6.07) is 8.12. The standard InChI is InChI=1S/C23H28N6O3S/c1-14(2)19-18-12-15-13-25-22(26-16-6-8-17(9-7-16)33(24,31)32)28-20(15)29(18)23(21(30)27-19)10-4-3-5-11-23/h6-9,12-14,19H,3-5,10-11H2,1-2H3,(H,27,30)(H2,24,31,32)(H,25,26,28). The molecule has 1 aliphatic heterocycles. The van der Waals surface area contributed by atoms with Crippen molar-refractivity contribution in [1.29, 1.82) is 0 Å². The molecule has 0 radical (unpaired) electrons. The van der Waals surface area contributed by atoms with Crippen molar-refractivity contribution >= 4 is 38.6 Å². The number of benzene rings is 1. The summed E-state index contributed by atoms with van der Waals surface area (Å²) in [6.07, 6.45) is 6.50. The molecule has 2 aliphatic rings. The predicted octanol–water partition coefficient (Wildman–Crippen LogP) is 3.31. The Balaban J connectivity index is 1.59. The molecule has 1 spiro atoms. The van der Waals surface area contributed by atoms with Crippen LogP contribution in [-0.4, -0.2) is 28.9 Å². The second kappa shape index (κ2) is 7.81. The van der Waals surface area contributed by atoms with Crippen molar-refractivity contribution in [2.75, 3.05) is 5.32 Å². The molecular formula is C23H28N6O3S. The van der Waals surface area contributed by atoms with Gasteiger partial charge >= 0.3 is 0 Å². The lowest BCUT2D eigenvalue weighted by Gasteiger charge is -2.45. The van der Waals surface area contributed by atoms with Crippen LogP contribution in [0.25, 0.3) is 11.0 Å². The number of aromatic nitrogens is 3. The molecule has 1 amide bonds. The Morgan fingerprint density at radius 3 is 2.52 bits per heavy atom. The Bertz CT molecular complexity index is 1320. The van der Waals surface area contributed by atoms with Gasteiger partial charge in [0.2, 0.25) is 21.9 Å². The summed E-state index contributed by atoms with van der Waals surface area (Å²) in [5.41, 5.74) is 1.83. The van der Waals surface area contributed by atoms with Crippen molar-refractivity contribution in [3.63, 3.8) is 0 Å². The van der Waals surface area contributed by atoms with Crippen molar-refractivity contribution in [2.24, 2.45) is 11.1 Å². The summed E-state index contributed by atoms with van der Waals surface area (Å²) in [4.78, 5) is 22.7. The molecule has 0 bridgehead atoms. The first-order chi connectivity index (χ1) is 15.7. The Morgan fingerprint density at radius 2 is 1.88 bits per heavy atom. The predicted molar refractivity (Wildman–Crippen MR) is 125 cm³/mol. The van der Waals surface area contributed by atoms with Gasteiger partial charge < -0.3 is 15.2 Å². The van der Waals surface area contributed by atoms with E-state index in [4.69, 9.17) is 10.1 Å². The van der Waals surface area contributed by atoms with Gasteiger partial charge in [-0.1, -0.05) is 33.1 Å². The van der Waals surface area contributed by atoms with Crippen molar-refractivity contribution in [2.45, 2.75) is 62.4 Å². The minimum absolute atomic E-state index is 0.0371. The van der Waals surface area contributed by atoms with Crippen LogP contribution in [0.15, 0.2) is 41.4 Å². The summed E-state index contributed by atoms with van der Waals surface area (Å²) in [5.74, 6) is 0.697. The van der Waals surface area contributed by atoms with Crippen molar-refractivity contribution in [3.05, 3.63) is 42.2 Å². The van der Waals surface area contributed by atoms with E-state index in [1.54, 1.807) is 18.3 Å². The highest BCUT2D eigenvalue weighted by atomic mass is 32.2. The fourth-order valence-electron chi connectivity index (χ4n) is 5.15. The molecule has 174 valence electrons. The number of sulfonamides is 1. The van der Waals surface area contributed by atoms with Crippen LogP contribution in [-0.2, 0) is 20.4 Å². The fraction of sp³-hybridized carbons (Fsp3) is 0.435. The van der Waals surface area contributed by atoms with Gasteiger partial charge in [0.25, 0.3) is 0 Å². The van der Waals surface area contributed by atoms with Gasteiger partial charge in [0, 0.05) is 23.0 Å². The lowest BCUT2D eigenvalue weighted by molar-refractivity contribution is -0.134. The molecule has 3 heterocycles. The second-order valence-corrected chi connectivity index (χ2v) is 10.9. The van der Waals surface area contributed by atoms with Crippen LogP contribution < -0.4 is 15.8 Å². The summed E-state index contributed by atoms with van der Waals surface area (Å²) < 4.78 is 25.2. The number of nitrogens with one attached hydrogen (secondary N) is 2. The molecule has 5 rings (SSSR count). The Morgan fingerprint density at radius 1 is 1.18 bits per heavy atom. The maximum atomic E-state index is 13.4. The van der Waals surface area contributed by atoms with Crippen molar-refractivity contribution in [1.82, 2.24) is 19.9 Å². The molecule has 3 aromatic rings. The van der Waals surface area contributed by atoms with Crippen LogP contribution in [0.2, 0.25) is 0 Å². The molecule has 1 aromatic carbocycles. The van der Waals surface area contributed by atoms with Crippen LogP contribution in [0.3, 0.4) is 0 Å². The number of nitrogens with zero attached hydrogens (tertiary/aromatic N) is 3. The van der Waals surface area contributed by atoms with E-state index in [9.17, 15) is 13.2 Å². The van der Waals surface area contributed by atoms with E-state index < -0.39 is 15.6 Å². The van der Waals surface area contributed by atoms with E-state index in [1.807, 2.05) is 0 Å². The first-order valence-electron chi connectivity index (χ1n) is 11.3. The number of fused-ring (bicyclic) bond motifs is 4. The number of carbonyl (C=O) groups excluding carboxylic acids is 1. The SMILES string of the molecule is CC(C)C1NC(=O)C2(CCCCC2)n2c1cc1cnc(Nc3ccc(S(N)(=O)=O)cc3)nc12. The van der Waals surface area contributed by atoms with Crippen LogP contribution in [0.1, 0.15) is 57.7 Å². The summed E-state index contributed by atoms with van der Waals surface area (Å²) in [5, 5.41) is 12.5. The topological polar surface area (TPSA) is 132 Å². The number of rotatable bonds is 4. The molecule has 1 atom stereocenters. The normalized spacial score (nSPS) is 20.1. The number of hydrogen-bond donors (Lipinski definition) is 3. The van der Waals surface area contributed by atoms with Crippen molar-refractivity contribution in [3.8, 4) is 0 Å². The minimum Gasteiger partial charge on any atom is -0.345 e. The zero-order valence-corrected chi connectivity index (χ0v) is 19.5. The van der Waals surface area contributed by atoms with Gasteiger partial charge in [-0.15, -0.1) is 0 Å². The summed E-state index contributed by atoms with van der Waals surface area (Å²) in [6.45, 7) is 4.21. The zero-order valence-electron chi connectivity index (χ0n) is 18.7. The van der Waals surface area contributed by atoms with E-state index in [2.05, 4.69) is 40.1 Å². The number of nitrogens with two attached hydrogens (primary N) is 1. The van der Waals surface area contributed by atoms with Crippen LogP contribution >= 0.6 is 0 Å². The highest BCUT2D eigenvalue weighted by Gasteiger charge is 2.48. The number of hydrogen-bond acceptors (Lipinski definition) is 6. The van der Waals surface area contributed by atoms with E-state index in [1.165, 1.54) is 12.1 Å². The molecule has 2 aromatic heterocycles. The van der Waals surface area contributed by atoms with Gasteiger partial charge in [-0.25, -0.2) is 18.5 Å². The molecule has 9 nitrogen and oxygen atoms in total. The van der Waals surface area contributed by atoms with Crippen molar-refractivity contribution < 1.29 is 13.2 Å². The second-order valence-electron chi connectivity index (χ2n) is 9.36. The van der Waals surface area contributed by atoms with E-state index in [-0.39, 0.29) is 22.8 Å². The molecule has 1 unspecified atom stereocenters. The maximum Gasteiger partial charge on any atom is 0.246 e. The fourth-order valence-corrected chi connectivity index (χ4v) is 5.67. The first kappa shape index (κ1) is 21.8. The Labute approximate surface area is 192 Å². The lowest BCUT2D eigenvalue weighted by atomic mass is 9.78.